The number of carbonyl (C=O) groups is 1. The lowest BCUT2D eigenvalue weighted by atomic mass is 10.1. The highest BCUT2D eigenvalue weighted by Gasteiger charge is 2.09. The number of aromatic nitrogens is 1. The van der Waals surface area contributed by atoms with E-state index in [1.165, 1.54) is 0 Å². The normalized spacial score (nSPS) is 12.8. The first-order chi connectivity index (χ1) is 7.59. The summed E-state index contributed by atoms with van der Waals surface area (Å²) in [6.07, 6.45) is 1.81. The molecule has 0 bridgehead atoms. The van der Waals surface area contributed by atoms with Crippen molar-refractivity contribution >= 4 is 17.2 Å². The second kappa shape index (κ2) is 6.60. The fourth-order valence-electron chi connectivity index (χ4n) is 1.10. The first-order valence-electron chi connectivity index (χ1n) is 5.47. The molecule has 1 aromatic heterocycles. The van der Waals surface area contributed by atoms with Gasteiger partial charge in [-0.05, 0) is 12.8 Å². The van der Waals surface area contributed by atoms with Crippen molar-refractivity contribution in [2.75, 3.05) is 6.54 Å². The lowest BCUT2D eigenvalue weighted by Gasteiger charge is -2.17. The van der Waals surface area contributed by atoms with Gasteiger partial charge in [0.1, 0.15) is 0 Å². The molecule has 0 saturated carbocycles. The summed E-state index contributed by atoms with van der Waals surface area (Å²) in [6.45, 7) is 7.26. The van der Waals surface area contributed by atoms with Crippen LogP contribution in [0.1, 0.15) is 25.6 Å². The summed E-state index contributed by atoms with van der Waals surface area (Å²) in [6, 6.07) is 0.220. The van der Waals surface area contributed by atoms with Crippen molar-refractivity contribution in [2.45, 2.75) is 33.4 Å². The molecule has 1 rings (SSSR count). The van der Waals surface area contributed by atoms with Crippen molar-refractivity contribution < 1.29 is 4.79 Å². The van der Waals surface area contributed by atoms with Gasteiger partial charge >= 0.3 is 0 Å². The zero-order valence-electron chi connectivity index (χ0n) is 9.99. The van der Waals surface area contributed by atoms with Crippen LogP contribution < -0.4 is 10.6 Å². The Morgan fingerprint density at radius 1 is 1.50 bits per heavy atom. The molecule has 4 nitrogen and oxygen atoms in total. The van der Waals surface area contributed by atoms with E-state index >= 15 is 0 Å². The number of hydrogen-bond acceptors (Lipinski definition) is 4. The lowest BCUT2D eigenvalue weighted by Crippen LogP contribution is -2.41. The van der Waals surface area contributed by atoms with E-state index in [1.807, 2.05) is 13.1 Å². The Balaban J connectivity index is 2.15. The van der Waals surface area contributed by atoms with Crippen LogP contribution in [-0.2, 0) is 11.3 Å². The standard InChI is InChI=1S/C11H19N3OS/c1-8(2)9(3)14-11(15)6-12-4-10-5-13-7-16-10/h5,7-9,12H,4,6H2,1-3H3,(H,14,15). The Bertz CT molecular complexity index is 311. The molecule has 0 aliphatic heterocycles. The Hall–Kier alpha value is -0.940. The molecule has 0 saturated heterocycles. The van der Waals surface area contributed by atoms with Gasteiger partial charge < -0.3 is 10.6 Å². The van der Waals surface area contributed by atoms with Gasteiger partial charge in [0.25, 0.3) is 0 Å². The van der Waals surface area contributed by atoms with Crippen LogP contribution in [0.4, 0.5) is 0 Å². The minimum Gasteiger partial charge on any atom is -0.352 e. The molecular formula is C11H19N3OS. The van der Waals surface area contributed by atoms with E-state index in [-0.39, 0.29) is 11.9 Å². The van der Waals surface area contributed by atoms with Crippen LogP contribution in [0.2, 0.25) is 0 Å². The SMILES string of the molecule is CC(C)C(C)NC(=O)CNCc1cncs1. The average Bonchev–Trinajstić information content (AvgIpc) is 2.70. The predicted molar refractivity (Wildman–Crippen MR) is 66.3 cm³/mol. The zero-order chi connectivity index (χ0) is 12.0. The molecule has 1 aromatic rings. The number of nitrogens with one attached hydrogen (secondary N) is 2. The molecule has 1 atom stereocenters. The molecular weight excluding hydrogens is 222 g/mol. The molecule has 1 unspecified atom stereocenters. The van der Waals surface area contributed by atoms with Gasteiger partial charge in [0.2, 0.25) is 5.91 Å². The fraction of sp³-hybridized carbons (Fsp3) is 0.636. The van der Waals surface area contributed by atoms with E-state index in [0.29, 0.717) is 19.0 Å². The summed E-state index contributed by atoms with van der Waals surface area (Å²) in [4.78, 5) is 16.6. The molecule has 16 heavy (non-hydrogen) atoms. The van der Waals surface area contributed by atoms with Crippen molar-refractivity contribution in [1.29, 1.82) is 0 Å². The number of thiazole rings is 1. The van der Waals surface area contributed by atoms with Crippen molar-refractivity contribution in [3.05, 3.63) is 16.6 Å². The second-order valence-corrected chi connectivity index (χ2v) is 5.14. The maximum Gasteiger partial charge on any atom is 0.234 e. The molecule has 0 aromatic carbocycles. The van der Waals surface area contributed by atoms with Crippen molar-refractivity contribution in [3.8, 4) is 0 Å². The van der Waals surface area contributed by atoms with E-state index in [4.69, 9.17) is 0 Å². The minimum atomic E-state index is 0.0470. The van der Waals surface area contributed by atoms with Crippen LogP contribution in [0.5, 0.6) is 0 Å². The van der Waals surface area contributed by atoms with Gasteiger partial charge in [-0.3, -0.25) is 9.78 Å². The number of hydrogen-bond donors (Lipinski definition) is 2. The van der Waals surface area contributed by atoms with Crippen LogP contribution in [0, 0.1) is 5.92 Å². The molecule has 90 valence electrons. The van der Waals surface area contributed by atoms with Gasteiger partial charge in [-0.1, -0.05) is 13.8 Å². The highest BCUT2D eigenvalue weighted by molar-refractivity contribution is 7.09. The summed E-state index contributed by atoms with van der Waals surface area (Å²) in [5.41, 5.74) is 1.79. The summed E-state index contributed by atoms with van der Waals surface area (Å²) < 4.78 is 0. The van der Waals surface area contributed by atoms with E-state index in [2.05, 4.69) is 29.5 Å². The van der Waals surface area contributed by atoms with Gasteiger partial charge in [0, 0.05) is 23.7 Å². The lowest BCUT2D eigenvalue weighted by molar-refractivity contribution is -0.121. The molecule has 5 heteroatoms. The van der Waals surface area contributed by atoms with Gasteiger partial charge in [-0.15, -0.1) is 11.3 Å². The molecule has 1 heterocycles. The first kappa shape index (κ1) is 13.1. The van der Waals surface area contributed by atoms with Crippen molar-refractivity contribution in [2.24, 2.45) is 5.92 Å². The van der Waals surface area contributed by atoms with Crippen LogP contribution in [0.15, 0.2) is 11.7 Å². The molecule has 0 radical (unpaired) electrons. The van der Waals surface area contributed by atoms with Gasteiger partial charge in [0.15, 0.2) is 0 Å². The smallest absolute Gasteiger partial charge is 0.234 e. The summed E-state index contributed by atoms with van der Waals surface area (Å²) >= 11 is 1.59. The van der Waals surface area contributed by atoms with E-state index in [1.54, 1.807) is 16.8 Å². The highest BCUT2D eigenvalue weighted by Crippen LogP contribution is 2.03. The molecule has 2 N–H and O–H groups in total. The minimum absolute atomic E-state index is 0.0470. The summed E-state index contributed by atoms with van der Waals surface area (Å²) in [5.74, 6) is 0.510. The third-order valence-corrected chi connectivity index (χ3v) is 3.24. The Morgan fingerprint density at radius 3 is 2.81 bits per heavy atom. The maximum absolute atomic E-state index is 11.5. The number of rotatable bonds is 6. The Labute approximate surface area is 100 Å². The van der Waals surface area contributed by atoms with Crippen LogP contribution in [0.25, 0.3) is 0 Å². The molecule has 0 aliphatic rings. The average molecular weight is 241 g/mol. The summed E-state index contributed by atoms with van der Waals surface area (Å²) in [5, 5.41) is 6.04. The molecule has 0 fully saturated rings. The van der Waals surface area contributed by atoms with Crippen LogP contribution in [0.3, 0.4) is 0 Å². The Morgan fingerprint density at radius 2 is 2.25 bits per heavy atom. The Kier molecular flexibility index (Phi) is 5.42. The second-order valence-electron chi connectivity index (χ2n) is 4.17. The fourth-order valence-corrected chi connectivity index (χ4v) is 1.66. The number of amides is 1. The number of nitrogens with zero attached hydrogens (tertiary/aromatic N) is 1. The van der Waals surface area contributed by atoms with E-state index in [9.17, 15) is 4.79 Å². The predicted octanol–water partition coefficient (Wildman–Crippen LogP) is 1.39. The topological polar surface area (TPSA) is 54.0 Å². The number of carbonyl (C=O) groups excluding carboxylic acids is 1. The van der Waals surface area contributed by atoms with E-state index < -0.39 is 0 Å². The quantitative estimate of drug-likeness (QED) is 0.791. The largest absolute Gasteiger partial charge is 0.352 e. The van der Waals surface area contributed by atoms with Gasteiger partial charge in [0.05, 0.1) is 12.1 Å². The van der Waals surface area contributed by atoms with Crippen molar-refractivity contribution in [1.82, 2.24) is 15.6 Å². The van der Waals surface area contributed by atoms with Crippen molar-refractivity contribution in [3.63, 3.8) is 0 Å². The van der Waals surface area contributed by atoms with Gasteiger partial charge in [-0.2, -0.15) is 0 Å². The van der Waals surface area contributed by atoms with E-state index in [0.717, 1.165) is 4.88 Å². The molecule has 0 aliphatic carbocycles. The zero-order valence-corrected chi connectivity index (χ0v) is 10.8. The monoisotopic (exact) mass is 241 g/mol. The molecule has 1 amide bonds. The third-order valence-electron chi connectivity index (χ3n) is 2.46. The van der Waals surface area contributed by atoms with Crippen LogP contribution >= 0.6 is 11.3 Å². The maximum atomic E-state index is 11.5. The van der Waals surface area contributed by atoms with Crippen LogP contribution in [-0.4, -0.2) is 23.5 Å². The summed E-state index contributed by atoms with van der Waals surface area (Å²) in [7, 11) is 0. The van der Waals surface area contributed by atoms with Gasteiger partial charge in [-0.25, -0.2) is 0 Å². The third kappa shape index (κ3) is 4.72. The first-order valence-corrected chi connectivity index (χ1v) is 6.35. The molecule has 0 spiro atoms. The highest BCUT2D eigenvalue weighted by atomic mass is 32.1.